The predicted octanol–water partition coefficient (Wildman–Crippen LogP) is 4.02. The smallest absolute Gasteiger partial charge is 0.204 e. The number of nitrogens with zero attached hydrogens (tertiary/aromatic N) is 1. The Morgan fingerprint density at radius 2 is 1.38 bits per heavy atom. The summed E-state index contributed by atoms with van der Waals surface area (Å²) in [4.78, 5) is 2.50. The van der Waals surface area contributed by atoms with Crippen LogP contribution >= 0.6 is 7.29 Å². The second-order valence-corrected chi connectivity index (χ2v) is 10.8. The summed E-state index contributed by atoms with van der Waals surface area (Å²) >= 11 is 0. The average Bonchev–Trinajstić information content (AvgIpc) is 3.15. The molecule has 1 atom stereocenters. The van der Waals surface area contributed by atoms with Crippen LogP contribution in [0.2, 0.25) is 0 Å². The maximum atomic E-state index is 14.3. The van der Waals surface area contributed by atoms with E-state index in [1.807, 2.05) is 60.7 Å². The van der Waals surface area contributed by atoms with E-state index < -0.39 is 7.29 Å². The molecule has 0 aromatic heterocycles. The zero-order chi connectivity index (χ0) is 18.6. The first-order valence-electron chi connectivity index (χ1n) is 9.61. The van der Waals surface area contributed by atoms with Crippen molar-refractivity contribution in [2.24, 2.45) is 5.41 Å². The van der Waals surface area contributed by atoms with E-state index in [0.29, 0.717) is 0 Å². The highest BCUT2D eigenvalue weighted by atomic mass is 31.2. The Morgan fingerprint density at radius 3 is 1.81 bits per heavy atom. The fraction of sp³-hybridized carbons (Fsp3) is 0.455. The van der Waals surface area contributed by atoms with E-state index in [0.717, 1.165) is 30.2 Å². The molecular weight excluding hydrogens is 339 g/mol. The summed E-state index contributed by atoms with van der Waals surface area (Å²) in [6.45, 7) is 9.95. The fourth-order valence-corrected chi connectivity index (χ4v) is 6.21. The lowest BCUT2D eigenvalue weighted by Crippen LogP contribution is -2.49. The van der Waals surface area contributed by atoms with Crippen LogP contribution in [0.1, 0.15) is 33.6 Å². The van der Waals surface area contributed by atoms with Gasteiger partial charge >= 0.3 is 0 Å². The zero-order valence-corrected chi connectivity index (χ0v) is 17.1. The van der Waals surface area contributed by atoms with Crippen LogP contribution in [0.4, 0.5) is 0 Å². The van der Waals surface area contributed by atoms with Crippen LogP contribution in [0.5, 0.6) is 0 Å². The molecule has 1 N–H and O–H groups in total. The summed E-state index contributed by atoms with van der Waals surface area (Å²) in [7, 11) is -2.91. The molecule has 2 aromatic rings. The third kappa shape index (κ3) is 4.46. The van der Waals surface area contributed by atoms with Crippen LogP contribution < -0.4 is 15.7 Å². The van der Waals surface area contributed by atoms with E-state index in [2.05, 4.69) is 30.8 Å². The summed E-state index contributed by atoms with van der Waals surface area (Å²) in [6.07, 6.45) is 2.54. The Hall–Kier alpha value is -1.41. The van der Waals surface area contributed by atoms with Crippen molar-refractivity contribution in [1.29, 1.82) is 0 Å². The number of benzene rings is 2. The van der Waals surface area contributed by atoms with Gasteiger partial charge in [-0.1, -0.05) is 57.2 Å². The summed E-state index contributed by atoms with van der Waals surface area (Å²) in [5, 5.41) is 5.40. The van der Waals surface area contributed by atoms with Crippen molar-refractivity contribution >= 4 is 17.9 Å². The van der Waals surface area contributed by atoms with Gasteiger partial charge in [0, 0.05) is 23.2 Å². The monoisotopic (exact) mass is 370 g/mol. The molecule has 1 saturated heterocycles. The third-order valence-corrected chi connectivity index (χ3v) is 7.99. The molecule has 0 amide bonds. The standard InChI is InChI=1S/C22H31N2OP/c1-22(2,3)21(18-24-16-10-11-17-24)23-26(25,19-12-6-4-7-13-19)20-14-8-5-9-15-20/h4-9,12-15,21H,10-11,16-18H2,1-3H3,(H,23,25)/t21-/m0/s1. The lowest BCUT2D eigenvalue weighted by atomic mass is 9.87. The molecule has 1 fully saturated rings. The maximum Gasteiger partial charge on any atom is 0.204 e. The van der Waals surface area contributed by atoms with Gasteiger partial charge in [-0.25, -0.2) is 0 Å². The molecule has 0 bridgehead atoms. The van der Waals surface area contributed by atoms with E-state index in [1.165, 1.54) is 12.8 Å². The van der Waals surface area contributed by atoms with E-state index in [1.54, 1.807) is 0 Å². The molecule has 0 radical (unpaired) electrons. The summed E-state index contributed by atoms with van der Waals surface area (Å²) < 4.78 is 14.3. The first-order valence-corrected chi connectivity index (χ1v) is 11.3. The highest BCUT2D eigenvalue weighted by Gasteiger charge is 2.36. The topological polar surface area (TPSA) is 32.3 Å². The van der Waals surface area contributed by atoms with Crippen molar-refractivity contribution in [2.75, 3.05) is 19.6 Å². The number of hydrogen-bond donors (Lipinski definition) is 1. The summed E-state index contributed by atoms with van der Waals surface area (Å²) in [6, 6.07) is 19.9. The molecule has 0 saturated carbocycles. The van der Waals surface area contributed by atoms with Gasteiger partial charge in [0.05, 0.1) is 0 Å². The zero-order valence-electron chi connectivity index (χ0n) is 16.2. The van der Waals surface area contributed by atoms with Gasteiger partial charge < -0.3 is 4.90 Å². The molecule has 4 heteroatoms. The first-order chi connectivity index (χ1) is 12.4. The normalized spacial score (nSPS) is 17.3. The molecule has 0 aliphatic carbocycles. The maximum absolute atomic E-state index is 14.3. The molecule has 140 valence electrons. The minimum absolute atomic E-state index is 0.0157. The minimum atomic E-state index is -2.91. The lowest BCUT2D eigenvalue weighted by Gasteiger charge is -2.37. The average molecular weight is 370 g/mol. The van der Waals surface area contributed by atoms with Crippen molar-refractivity contribution < 1.29 is 4.57 Å². The highest BCUT2D eigenvalue weighted by molar-refractivity contribution is 7.76. The molecule has 1 aliphatic heterocycles. The molecule has 26 heavy (non-hydrogen) atoms. The lowest BCUT2D eigenvalue weighted by molar-refractivity contribution is 0.214. The van der Waals surface area contributed by atoms with Crippen molar-refractivity contribution in [3.8, 4) is 0 Å². The molecule has 3 nitrogen and oxygen atoms in total. The molecule has 1 aliphatic rings. The number of likely N-dealkylation sites (tertiary alicyclic amines) is 1. The van der Waals surface area contributed by atoms with Crippen molar-refractivity contribution in [3.05, 3.63) is 60.7 Å². The summed E-state index contributed by atoms with van der Waals surface area (Å²) in [5.74, 6) is 0. The third-order valence-electron chi connectivity index (χ3n) is 5.26. The molecule has 3 rings (SSSR count). The van der Waals surface area contributed by atoms with Gasteiger partial charge in [0.2, 0.25) is 7.29 Å². The van der Waals surface area contributed by atoms with Gasteiger partial charge in [0.25, 0.3) is 0 Å². The van der Waals surface area contributed by atoms with Crippen molar-refractivity contribution in [3.63, 3.8) is 0 Å². The van der Waals surface area contributed by atoms with E-state index in [-0.39, 0.29) is 11.5 Å². The highest BCUT2D eigenvalue weighted by Crippen LogP contribution is 2.41. The first kappa shape index (κ1) is 19.4. The molecule has 0 spiro atoms. The van der Waals surface area contributed by atoms with Crippen LogP contribution in [-0.2, 0) is 4.57 Å². The molecule has 0 unspecified atom stereocenters. The molecular formula is C22H31N2OP. The Bertz CT molecular complexity index is 690. The van der Waals surface area contributed by atoms with E-state index in [4.69, 9.17) is 0 Å². The van der Waals surface area contributed by atoms with Crippen LogP contribution in [0.15, 0.2) is 60.7 Å². The Labute approximate surface area is 158 Å². The van der Waals surface area contributed by atoms with Crippen molar-refractivity contribution in [1.82, 2.24) is 9.99 Å². The largest absolute Gasteiger partial charge is 0.302 e. The van der Waals surface area contributed by atoms with E-state index >= 15 is 0 Å². The van der Waals surface area contributed by atoms with Crippen LogP contribution in [0, 0.1) is 5.41 Å². The van der Waals surface area contributed by atoms with Gasteiger partial charge in [0.1, 0.15) is 0 Å². The predicted molar refractivity (Wildman–Crippen MR) is 112 cm³/mol. The van der Waals surface area contributed by atoms with Crippen LogP contribution in [0.3, 0.4) is 0 Å². The minimum Gasteiger partial charge on any atom is -0.302 e. The fourth-order valence-electron chi connectivity index (χ4n) is 3.53. The number of hydrogen-bond acceptors (Lipinski definition) is 2. The van der Waals surface area contributed by atoms with E-state index in [9.17, 15) is 4.57 Å². The number of nitrogens with one attached hydrogen (secondary N) is 1. The van der Waals surface area contributed by atoms with Gasteiger partial charge in [-0.05, 0) is 55.6 Å². The van der Waals surface area contributed by atoms with Crippen LogP contribution in [0.25, 0.3) is 0 Å². The van der Waals surface area contributed by atoms with Gasteiger partial charge in [-0.15, -0.1) is 0 Å². The van der Waals surface area contributed by atoms with Crippen LogP contribution in [-0.4, -0.2) is 30.6 Å². The summed E-state index contributed by atoms with van der Waals surface area (Å²) in [5.41, 5.74) is 0.0157. The SMILES string of the molecule is CC(C)(C)[C@H](CN1CCCC1)NP(=O)(c1ccccc1)c1ccccc1. The Kier molecular flexibility index (Phi) is 6.02. The second-order valence-electron chi connectivity index (χ2n) is 8.34. The molecule has 2 aromatic carbocycles. The van der Waals surface area contributed by atoms with Gasteiger partial charge in [-0.2, -0.15) is 0 Å². The Balaban J connectivity index is 1.96. The quantitative estimate of drug-likeness (QED) is 0.780. The van der Waals surface area contributed by atoms with Gasteiger partial charge in [-0.3, -0.25) is 9.65 Å². The van der Waals surface area contributed by atoms with Gasteiger partial charge in [0.15, 0.2) is 0 Å². The second kappa shape index (κ2) is 8.08. The molecule has 1 heterocycles. The Morgan fingerprint density at radius 1 is 0.923 bits per heavy atom. The van der Waals surface area contributed by atoms with Crippen molar-refractivity contribution in [2.45, 2.75) is 39.7 Å². The number of rotatable bonds is 6.